The highest BCUT2D eigenvalue weighted by Gasteiger charge is 2.20. The monoisotopic (exact) mass is 246 g/mol. The van der Waals surface area contributed by atoms with Crippen molar-refractivity contribution in [2.45, 2.75) is 51.4 Å². The molecule has 1 aliphatic carbocycles. The van der Waals surface area contributed by atoms with Crippen LogP contribution < -0.4 is 0 Å². The Bertz CT molecular complexity index is 369. The van der Waals surface area contributed by atoms with Crippen molar-refractivity contribution in [1.82, 2.24) is 0 Å². The molecule has 0 amide bonds. The minimum atomic E-state index is 0.625. The van der Waals surface area contributed by atoms with Crippen molar-refractivity contribution in [1.29, 1.82) is 0 Å². The first-order chi connectivity index (χ1) is 8.83. The molecule has 0 saturated heterocycles. The van der Waals surface area contributed by atoms with Crippen molar-refractivity contribution in [3.8, 4) is 0 Å². The smallest absolute Gasteiger partial charge is 0.0830 e. The first kappa shape index (κ1) is 13.3. The summed E-state index contributed by atoms with van der Waals surface area (Å²) < 4.78 is 11.9. The first-order valence-corrected chi connectivity index (χ1v) is 7.17. The molecule has 0 nitrogen and oxygen atoms in total. The predicted octanol–water partition coefficient (Wildman–Crippen LogP) is 5.40. The zero-order chi connectivity index (χ0) is 12.8. The second-order valence-electron chi connectivity index (χ2n) is 5.43. The third-order valence-electron chi connectivity index (χ3n) is 4.32. The van der Waals surface area contributed by atoms with Crippen molar-refractivity contribution >= 4 is 0 Å². The molecule has 1 aliphatic rings. The highest BCUT2D eigenvalue weighted by atomic mass is 19.1. The summed E-state index contributed by atoms with van der Waals surface area (Å²) in [6.07, 6.45) is 9.65. The van der Waals surface area contributed by atoms with Crippen LogP contribution in [-0.4, -0.2) is 0 Å². The average molecular weight is 246 g/mol. The summed E-state index contributed by atoms with van der Waals surface area (Å²) >= 11 is 0. The number of allylic oxidation sites excluding steroid dienone is 1. The SMILES string of the molecule is CCC1CCC(c2ccc(CC=CF)cc2)CC1. The van der Waals surface area contributed by atoms with E-state index in [0.717, 1.165) is 11.8 Å². The van der Waals surface area contributed by atoms with Gasteiger partial charge in [-0.05, 0) is 55.1 Å². The maximum atomic E-state index is 11.9. The molecule has 0 N–H and O–H groups in total. The van der Waals surface area contributed by atoms with Crippen LogP contribution in [-0.2, 0) is 6.42 Å². The van der Waals surface area contributed by atoms with E-state index in [1.807, 2.05) is 0 Å². The molecule has 0 atom stereocenters. The predicted molar refractivity (Wildman–Crippen MR) is 75.4 cm³/mol. The van der Waals surface area contributed by atoms with Crippen LogP contribution >= 0.6 is 0 Å². The van der Waals surface area contributed by atoms with Gasteiger partial charge in [0.25, 0.3) is 0 Å². The fourth-order valence-corrected chi connectivity index (χ4v) is 3.01. The van der Waals surface area contributed by atoms with Crippen LogP contribution in [0.4, 0.5) is 4.39 Å². The second kappa shape index (κ2) is 6.72. The van der Waals surface area contributed by atoms with Gasteiger partial charge < -0.3 is 0 Å². The molecule has 1 saturated carbocycles. The zero-order valence-electron chi connectivity index (χ0n) is 11.2. The Balaban J connectivity index is 1.93. The molecule has 1 aromatic rings. The molecule has 1 fully saturated rings. The summed E-state index contributed by atoms with van der Waals surface area (Å²) in [6.45, 7) is 2.30. The van der Waals surface area contributed by atoms with Crippen LogP contribution in [0.3, 0.4) is 0 Å². The summed E-state index contributed by atoms with van der Waals surface area (Å²) in [7, 11) is 0. The van der Waals surface area contributed by atoms with Crippen LogP contribution in [0.2, 0.25) is 0 Å². The summed E-state index contributed by atoms with van der Waals surface area (Å²) in [5.74, 6) is 1.70. The molecule has 0 unspecified atom stereocenters. The molecule has 1 aromatic carbocycles. The van der Waals surface area contributed by atoms with E-state index in [9.17, 15) is 4.39 Å². The molecule has 0 spiro atoms. The lowest BCUT2D eigenvalue weighted by Gasteiger charge is -2.28. The van der Waals surface area contributed by atoms with Crippen LogP contribution in [0.5, 0.6) is 0 Å². The Morgan fingerprint density at radius 1 is 1.11 bits per heavy atom. The van der Waals surface area contributed by atoms with Crippen LogP contribution in [0, 0.1) is 5.92 Å². The van der Waals surface area contributed by atoms with Crippen molar-refractivity contribution in [2.75, 3.05) is 0 Å². The standard InChI is InChI=1S/C17H23F/c1-2-14-5-9-16(10-6-14)17-11-7-15(8-12-17)4-3-13-18/h3,7-8,11-14,16H,2,4-6,9-10H2,1H3. The van der Waals surface area contributed by atoms with E-state index >= 15 is 0 Å². The molecular weight excluding hydrogens is 223 g/mol. The molecule has 0 radical (unpaired) electrons. The average Bonchev–Trinajstić information content (AvgIpc) is 2.46. The number of halogens is 1. The number of rotatable bonds is 4. The van der Waals surface area contributed by atoms with Crippen molar-refractivity contribution < 1.29 is 4.39 Å². The second-order valence-corrected chi connectivity index (χ2v) is 5.43. The first-order valence-electron chi connectivity index (χ1n) is 7.17. The molecule has 98 valence electrons. The van der Waals surface area contributed by atoms with E-state index in [1.165, 1.54) is 43.2 Å². The molecule has 0 aliphatic heterocycles. The van der Waals surface area contributed by atoms with Gasteiger partial charge in [-0.1, -0.05) is 43.7 Å². The maximum Gasteiger partial charge on any atom is 0.0830 e. The van der Waals surface area contributed by atoms with Gasteiger partial charge in [0.05, 0.1) is 6.33 Å². The van der Waals surface area contributed by atoms with Gasteiger partial charge in [0.15, 0.2) is 0 Å². The summed E-state index contributed by atoms with van der Waals surface area (Å²) in [5.41, 5.74) is 2.66. The Morgan fingerprint density at radius 2 is 1.78 bits per heavy atom. The Hall–Kier alpha value is -1.11. The van der Waals surface area contributed by atoms with Gasteiger partial charge in [0.2, 0.25) is 0 Å². The molecule has 18 heavy (non-hydrogen) atoms. The van der Waals surface area contributed by atoms with Crippen LogP contribution in [0.25, 0.3) is 0 Å². The van der Waals surface area contributed by atoms with E-state index in [2.05, 4.69) is 31.2 Å². The fraction of sp³-hybridized carbons (Fsp3) is 0.529. The van der Waals surface area contributed by atoms with Gasteiger partial charge >= 0.3 is 0 Å². The summed E-state index contributed by atoms with van der Waals surface area (Å²) in [6, 6.07) is 8.75. The molecule has 2 rings (SSSR count). The van der Waals surface area contributed by atoms with Crippen LogP contribution in [0.1, 0.15) is 56.1 Å². The zero-order valence-corrected chi connectivity index (χ0v) is 11.2. The Morgan fingerprint density at radius 3 is 2.33 bits per heavy atom. The fourth-order valence-electron chi connectivity index (χ4n) is 3.01. The number of hydrogen-bond acceptors (Lipinski definition) is 0. The summed E-state index contributed by atoms with van der Waals surface area (Å²) in [4.78, 5) is 0. The maximum absolute atomic E-state index is 11.9. The lowest BCUT2D eigenvalue weighted by molar-refractivity contribution is 0.319. The summed E-state index contributed by atoms with van der Waals surface area (Å²) in [5, 5.41) is 0. The van der Waals surface area contributed by atoms with E-state index in [4.69, 9.17) is 0 Å². The van der Waals surface area contributed by atoms with E-state index in [1.54, 1.807) is 6.08 Å². The molecule has 0 aromatic heterocycles. The van der Waals surface area contributed by atoms with Gasteiger partial charge in [-0.25, -0.2) is 4.39 Å². The van der Waals surface area contributed by atoms with Crippen molar-refractivity contribution in [3.63, 3.8) is 0 Å². The Kier molecular flexibility index (Phi) is 4.98. The molecular formula is C17H23F. The van der Waals surface area contributed by atoms with Gasteiger partial charge in [0, 0.05) is 0 Å². The molecule has 0 heterocycles. The lowest BCUT2D eigenvalue weighted by atomic mass is 9.78. The van der Waals surface area contributed by atoms with Gasteiger partial charge in [-0.3, -0.25) is 0 Å². The van der Waals surface area contributed by atoms with E-state index in [0.29, 0.717) is 12.8 Å². The third kappa shape index (κ3) is 3.44. The molecule has 1 heteroatoms. The molecule has 0 bridgehead atoms. The van der Waals surface area contributed by atoms with Gasteiger partial charge in [-0.15, -0.1) is 0 Å². The topological polar surface area (TPSA) is 0 Å². The third-order valence-corrected chi connectivity index (χ3v) is 4.32. The minimum absolute atomic E-state index is 0.625. The van der Waals surface area contributed by atoms with E-state index < -0.39 is 0 Å². The largest absolute Gasteiger partial charge is 0.216 e. The van der Waals surface area contributed by atoms with Gasteiger partial charge in [-0.2, -0.15) is 0 Å². The Labute approximate surface area is 110 Å². The van der Waals surface area contributed by atoms with Gasteiger partial charge in [0.1, 0.15) is 0 Å². The van der Waals surface area contributed by atoms with Crippen molar-refractivity contribution in [3.05, 3.63) is 47.8 Å². The highest BCUT2D eigenvalue weighted by Crippen LogP contribution is 2.36. The normalized spacial score (nSPS) is 24.6. The van der Waals surface area contributed by atoms with Crippen molar-refractivity contribution in [2.24, 2.45) is 5.92 Å². The van der Waals surface area contributed by atoms with E-state index in [-0.39, 0.29) is 0 Å². The number of benzene rings is 1. The highest BCUT2D eigenvalue weighted by molar-refractivity contribution is 5.27. The number of hydrogen-bond donors (Lipinski definition) is 0. The quantitative estimate of drug-likeness (QED) is 0.667. The minimum Gasteiger partial charge on any atom is -0.216 e. The lowest BCUT2D eigenvalue weighted by Crippen LogP contribution is -2.12. The van der Waals surface area contributed by atoms with Crippen LogP contribution in [0.15, 0.2) is 36.7 Å².